The summed E-state index contributed by atoms with van der Waals surface area (Å²) in [6.45, 7) is 3.00. The number of pyridine rings is 1. The molecular weight excluding hydrogens is 346 g/mol. The van der Waals surface area contributed by atoms with Crippen molar-refractivity contribution >= 4 is 29.1 Å². The first-order valence-electron chi connectivity index (χ1n) is 8.71. The van der Waals surface area contributed by atoms with E-state index in [0.717, 1.165) is 18.9 Å². The van der Waals surface area contributed by atoms with E-state index < -0.39 is 6.03 Å². The molecular formula is C19H23N5O3. The average Bonchev–Trinajstić information content (AvgIpc) is 2.68. The zero-order valence-corrected chi connectivity index (χ0v) is 15.4. The van der Waals surface area contributed by atoms with Gasteiger partial charge in [0.2, 0.25) is 0 Å². The van der Waals surface area contributed by atoms with Crippen molar-refractivity contribution in [2.24, 2.45) is 0 Å². The lowest BCUT2D eigenvalue weighted by atomic mass is 10.2. The first-order valence-corrected chi connectivity index (χ1v) is 8.71. The van der Waals surface area contributed by atoms with E-state index in [1.807, 2.05) is 12.1 Å². The Morgan fingerprint density at radius 1 is 1.07 bits per heavy atom. The minimum atomic E-state index is -0.398. The largest absolute Gasteiger partial charge is 0.378 e. The molecule has 0 atom stereocenters. The highest BCUT2D eigenvalue weighted by Crippen LogP contribution is 2.16. The summed E-state index contributed by atoms with van der Waals surface area (Å²) in [4.78, 5) is 32.2. The minimum Gasteiger partial charge on any atom is -0.378 e. The first-order chi connectivity index (χ1) is 13.0. The van der Waals surface area contributed by atoms with Crippen molar-refractivity contribution in [1.82, 2.24) is 9.88 Å². The summed E-state index contributed by atoms with van der Waals surface area (Å²) >= 11 is 0. The maximum absolute atomic E-state index is 12.2. The van der Waals surface area contributed by atoms with Gasteiger partial charge in [-0.05, 0) is 30.3 Å². The molecule has 0 radical (unpaired) electrons. The van der Waals surface area contributed by atoms with E-state index >= 15 is 0 Å². The number of carbonyl (C=O) groups excluding carboxylic acids is 2. The summed E-state index contributed by atoms with van der Waals surface area (Å²) < 4.78 is 5.33. The number of carbonyl (C=O) groups is 2. The summed E-state index contributed by atoms with van der Waals surface area (Å²) in [5, 5.41) is 5.47. The number of hydrogen-bond donors (Lipinski definition) is 2. The second-order valence-electron chi connectivity index (χ2n) is 6.36. The van der Waals surface area contributed by atoms with E-state index in [1.54, 1.807) is 44.6 Å². The predicted molar refractivity (Wildman–Crippen MR) is 104 cm³/mol. The number of amides is 3. The van der Waals surface area contributed by atoms with Gasteiger partial charge < -0.3 is 25.2 Å². The van der Waals surface area contributed by atoms with Gasteiger partial charge in [0, 0.05) is 38.4 Å². The van der Waals surface area contributed by atoms with Crippen molar-refractivity contribution in [3.05, 3.63) is 48.2 Å². The second-order valence-corrected chi connectivity index (χ2v) is 6.36. The molecule has 0 bridgehead atoms. The van der Waals surface area contributed by atoms with Crippen molar-refractivity contribution < 1.29 is 14.3 Å². The SMILES string of the molecule is CN(C)C(=O)c1cccc(NC(=O)Nc2ccc(N3CCOCC3)nc2)c1. The number of nitrogens with one attached hydrogen (secondary N) is 2. The van der Waals surface area contributed by atoms with E-state index in [4.69, 9.17) is 4.74 Å². The molecule has 2 N–H and O–H groups in total. The highest BCUT2D eigenvalue weighted by Gasteiger charge is 2.13. The van der Waals surface area contributed by atoms with Crippen LogP contribution in [0.1, 0.15) is 10.4 Å². The molecule has 8 heteroatoms. The van der Waals surface area contributed by atoms with Crippen LogP contribution in [-0.2, 0) is 4.74 Å². The molecule has 142 valence electrons. The topological polar surface area (TPSA) is 86.8 Å². The number of urea groups is 1. The molecule has 0 spiro atoms. The lowest BCUT2D eigenvalue weighted by Gasteiger charge is -2.27. The van der Waals surface area contributed by atoms with Gasteiger partial charge in [-0.25, -0.2) is 9.78 Å². The van der Waals surface area contributed by atoms with Crippen LogP contribution in [0.4, 0.5) is 22.0 Å². The summed E-state index contributed by atoms with van der Waals surface area (Å²) in [5.41, 5.74) is 1.64. The molecule has 0 aliphatic carbocycles. The van der Waals surface area contributed by atoms with Gasteiger partial charge in [0.25, 0.3) is 5.91 Å². The third-order valence-corrected chi connectivity index (χ3v) is 4.11. The van der Waals surface area contributed by atoms with E-state index in [2.05, 4.69) is 20.5 Å². The molecule has 27 heavy (non-hydrogen) atoms. The molecule has 1 aromatic carbocycles. The highest BCUT2D eigenvalue weighted by atomic mass is 16.5. The monoisotopic (exact) mass is 369 g/mol. The van der Waals surface area contributed by atoms with Gasteiger partial charge in [-0.3, -0.25) is 4.79 Å². The standard InChI is InChI=1S/C19H23N5O3/c1-23(2)18(25)14-4-3-5-15(12-14)21-19(26)22-16-6-7-17(20-13-16)24-8-10-27-11-9-24/h3-7,12-13H,8-11H2,1-2H3,(H2,21,22,26). The Kier molecular flexibility index (Phi) is 5.87. The highest BCUT2D eigenvalue weighted by molar-refractivity contribution is 6.01. The molecule has 2 aromatic rings. The predicted octanol–water partition coefficient (Wildman–Crippen LogP) is 2.26. The number of anilines is 3. The molecule has 1 fully saturated rings. The lowest BCUT2D eigenvalue weighted by Crippen LogP contribution is -2.36. The summed E-state index contributed by atoms with van der Waals surface area (Å²) in [6.07, 6.45) is 1.62. The third-order valence-electron chi connectivity index (χ3n) is 4.11. The molecule has 1 aliphatic heterocycles. The quantitative estimate of drug-likeness (QED) is 0.863. The van der Waals surface area contributed by atoms with Gasteiger partial charge in [-0.15, -0.1) is 0 Å². The Bertz CT molecular complexity index is 801. The molecule has 2 heterocycles. The molecule has 8 nitrogen and oxygen atoms in total. The smallest absolute Gasteiger partial charge is 0.323 e. The summed E-state index contributed by atoms with van der Waals surface area (Å²) in [6, 6.07) is 10.1. The first kappa shape index (κ1) is 18.7. The average molecular weight is 369 g/mol. The van der Waals surface area contributed by atoms with Crippen molar-refractivity contribution in [2.75, 3.05) is 55.9 Å². The van der Waals surface area contributed by atoms with Crippen LogP contribution < -0.4 is 15.5 Å². The number of benzene rings is 1. The molecule has 0 unspecified atom stereocenters. The van der Waals surface area contributed by atoms with Crippen LogP contribution in [0, 0.1) is 0 Å². The fourth-order valence-corrected chi connectivity index (χ4v) is 2.72. The number of rotatable bonds is 4. The molecule has 3 rings (SSSR count). The van der Waals surface area contributed by atoms with Crippen LogP contribution in [0.5, 0.6) is 0 Å². The minimum absolute atomic E-state index is 0.123. The van der Waals surface area contributed by atoms with Crippen LogP contribution in [0.3, 0.4) is 0 Å². The number of hydrogen-bond acceptors (Lipinski definition) is 5. The van der Waals surface area contributed by atoms with Crippen molar-refractivity contribution in [1.29, 1.82) is 0 Å². The number of nitrogens with zero attached hydrogens (tertiary/aromatic N) is 3. The van der Waals surface area contributed by atoms with Crippen LogP contribution >= 0.6 is 0 Å². The zero-order valence-electron chi connectivity index (χ0n) is 15.4. The van der Waals surface area contributed by atoms with Crippen LogP contribution in [-0.4, -0.2) is 62.2 Å². The Morgan fingerprint density at radius 3 is 2.48 bits per heavy atom. The maximum atomic E-state index is 12.2. The van der Waals surface area contributed by atoms with E-state index in [1.165, 1.54) is 4.90 Å². The van der Waals surface area contributed by atoms with Gasteiger partial charge in [-0.1, -0.05) is 6.07 Å². The fourth-order valence-electron chi connectivity index (χ4n) is 2.72. The Hall–Kier alpha value is -3.13. The Balaban J connectivity index is 1.59. The number of ether oxygens (including phenoxy) is 1. The maximum Gasteiger partial charge on any atom is 0.323 e. The molecule has 1 saturated heterocycles. The summed E-state index contributed by atoms with van der Waals surface area (Å²) in [7, 11) is 3.37. The van der Waals surface area contributed by atoms with Gasteiger partial charge in [0.15, 0.2) is 0 Å². The van der Waals surface area contributed by atoms with Crippen molar-refractivity contribution in [2.45, 2.75) is 0 Å². The molecule has 3 amide bonds. The number of morpholine rings is 1. The van der Waals surface area contributed by atoms with Crippen LogP contribution in [0.25, 0.3) is 0 Å². The van der Waals surface area contributed by atoms with E-state index in [-0.39, 0.29) is 5.91 Å². The van der Waals surface area contributed by atoms with Crippen molar-refractivity contribution in [3.63, 3.8) is 0 Å². The Labute approximate surface area is 158 Å². The molecule has 0 saturated carbocycles. The summed E-state index contributed by atoms with van der Waals surface area (Å²) in [5.74, 6) is 0.737. The lowest BCUT2D eigenvalue weighted by molar-refractivity contribution is 0.0827. The Morgan fingerprint density at radius 2 is 1.81 bits per heavy atom. The van der Waals surface area contributed by atoms with E-state index in [9.17, 15) is 9.59 Å². The van der Waals surface area contributed by atoms with Crippen molar-refractivity contribution in [3.8, 4) is 0 Å². The van der Waals surface area contributed by atoms with Gasteiger partial charge in [0.1, 0.15) is 5.82 Å². The number of aromatic nitrogens is 1. The molecule has 1 aromatic heterocycles. The molecule has 1 aliphatic rings. The van der Waals surface area contributed by atoms with Crippen LogP contribution in [0.2, 0.25) is 0 Å². The normalized spacial score (nSPS) is 13.8. The fraction of sp³-hybridized carbons (Fsp3) is 0.316. The third kappa shape index (κ3) is 4.95. The van der Waals surface area contributed by atoms with Gasteiger partial charge >= 0.3 is 6.03 Å². The second kappa shape index (κ2) is 8.50. The van der Waals surface area contributed by atoms with Gasteiger partial charge in [-0.2, -0.15) is 0 Å². The van der Waals surface area contributed by atoms with Gasteiger partial charge in [0.05, 0.1) is 25.1 Å². The zero-order chi connectivity index (χ0) is 19.2. The van der Waals surface area contributed by atoms with E-state index in [0.29, 0.717) is 30.2 Å². The van der Waals surface area contributed by atoms with Crippen LogP contribution in [0.15, 0.2) is 42.6 Å².